The summed E-state index contributed by atoms with van der Waals surface area (Å²) in [4.78, 5) is 10.8. The van der Waals surface area contributed by atoms with Crippen LogP contribution in [-0.4, -0.2) is 63.7 Å². The third kappa shape index (κ3) is 2.59. The summed E-state index contributed by atoms with van der Waals surface area (Å²) in [6.45, 7) is 0.898. The first-order valence-electron chi connectivity index (χ1n) is 3.23. The van der Waals surface area contributed by atoms with Crippen molar-refractivity contribution in [2.75, 3.05) is 0 Å². The molecule has 2 heterocycles. The van der Waals surface area contributed by atoms with Gasteiger partial charge in [-0.15, -0.1) is 0 Å². The van der Waals surface area contributed by atoms with Crippen LogP contribution in [0.25, 0.3) is 6.08 Å². The van der Waals surface area contributed by atoms with E-state index in [9.17, 15) is 4.79 Å². The molecular weight excluding hydrogens is 172 g/mol. The molecule has 0 bridgehead atoms. The summed E-state index contributed by atoms with van der Waals surface area (Å²) in [6, 6.07) is 3.22. The maximum absolute atomic E-state index is 10.8. The van der Waals surface area contributed by atoms with Gasteiger partial charge in [0.15, 0.2) is 5.43 Å². The number of hydrogen-bond donors (Lipinski definition) is 0. The Hall–Kier alpha value is 0.690. The summed E-state index contributed by atoms with van der Waals surface area (Å²) in [5, 5.41) is 0. The Morgan fingerprint density at radius 1 is 1.33 bits per heavy atom. The van der Waals surface area contributed by atoms with E-state index in [-0.39, 0.29) is 64.5 Å². The Kier molecular flexibility index (Phi) is 5.74. The molecule has 0 atom stereocenters. The van der Waals surface area contributed by atoms with E-state index in [4.69, 9.17) is 0 Å². The summed E-state index contributed by atoms with van der Waals surface area (Å²) in [6.07, 6.45) is 5.81. The van der Waals surface area contributed by atoms with Crippen LogP contribution < -0.4 is 5.43 Å². The van der Waals surface area contributed by atoms with E-state index >= 15 is 0 Å². The zero-order valence-electron chi connectivity index (χ0n) is 7.45. The third-order valence-corrected chi connectivity index (χ3v) is 1.63. The number of hydrogen-bond acceptors (Lipinski definition) is 1. The quantitative estimate of drug-likeness (QED) is 0.518. The molecule has 0 fully saturated rings. The minimum absolute atomic E-state index is 0. The topological polar surface area (TPSA) is 22.0 Å². The van der Waals surface area contributed by atoms with Crippen molar-refractivity contribution in [2.45, 2.75) is 6.54 Å². The first-order chi connectivity index (χ1) is 4.86. The summed E-state index contributed by atoms with van der Waals surface area (Å²) in [5.41, 5.74) is 1.09. The maximum Gasteiger partial charge on any atom is 0.182 e. The van der Waals surface area contributed by atoms with E-state index < -0.39 is 0 Å². The van der Waals surface area contributed by atoms with E-state index in [0.717, 1.165) is 12.2 Å². The van der Waals surface area contributed by atoms with Crippen LogP contribution in [0.3, 0.4) is 0 Å². The minimum atomic E-state index is 0. The average molecular weight is 179 g/mol. The molecule has 1 aliphatic rings. The molecule has 0 amide bonds. The fraction of sp³-hybridized carbons (Fsp3) is 0.125. The average Bonchev–Trinajstić information content (AvgIpc) is 2.33. The molecule has 0 aliphatic carbocycles. The number of fused-ring (bicyclic) bond motifs is 1. The number of rotatable bonds is 0. The predicted octanol–water partition coefficient (Wildman–Crippen LogP) is 0.113. The third-order valence-electron chi connectivity index (χ3n) is 1.63. The number of aromatic nitrogens is 1. The van der Waals surface area contributed by atoms with Crippen molar-refractivity contribution < 1.29 is 0 Å². The van der Waals surface area contributed by atoms with Gasteiger partial charge in [0, 0.05) is 89.7 Å². The van der Waals surface area contributed by atoms with Gasteiger partial charge in [0.1, 0.15) is 0 Å². The molecule has 2 radical (unpaired) electrons. The van der Waals surface area contributed by atoms with Crippen LogP contribution in [0.15, 0.2) is 29.2 Å². The SMILES string of the molecule is O=c1ccn2c(c1)C=CC2.[Na].[Na]. The second kappa shape index (κ2) is 5.43. The Balaban J connectivity index is 0.000000605. The fourth-order valence-corrected chi connectivity index (χ4v) is 1.12. The molecule has 52 valence electrons. The molecule has 2 nitrogen and oxygen atoms in total. The van der Waals surface area contributed by atoms with Gasteiger partial charge in [0.2, 0.25) is 0 Å². The van der Waals surface area contributed by atoms with Crippen LogP contribution >= 0.6 is 0 Å². The Bertz CT molecular complexity index is 343. The van der Waals surface area contributed by atoms with Gasteiger partial charge in [-0.25, -0.2) is 0 Å². The van der Waals surface area contributed by atoms with E-state index in [0.29, 0.717) is 0 Å². The first kappa shape index (κ1) is 12.7. The van der Waals surface area contributed by atoms with Crippen molar-refractivity contribution in [1.29, 1.82) is 0 Å². The predicted molar refractivity (Wildman–Crippen MR) is 51.2 cm³/mol. The molecule has 0 saturated carbocycles. The fourth-order valence-electron chi connectivity index (χ4n) is 1.12. The molecule has 0 saturated heterocycles. The Morgan fingerprint density at radius 3 is 2.83 bits per heavy atom. The van der Waals surface area contributed by atoms with Gasteiger partial charge < -0.3 is 4.57 Å². The summed E-state index contributed by atoms with van der Waals surface area (Å²) >= 11 is 0. The molecule has 1 aromatic heterocycles. The molecule has 0 N–H and O–H groups in total. The molecule has 0 aromatic carbocycles. The summed E-state index contributed by atoms with van der Waals surface area (Å²) in [7, 11) is 0. The monoisotopic (exact) mass is 179 g/mol. The zero-order chi connectivity index (χ0) is 6.97. The van der Waals surface area contributed by atoms with Crippen LogP contribution in [0.4, 0.5) is 0 Å². The molecule has 0 spiro atoms. The maximum atomic E-state index is 10.8. The number of allylic oxidation sites excluding steroid dienone is 1. The first-order valence-corrected chi connectivity index (χ1v) is 3.23. The van der Waals surface area contributed by atoms with Crippen molar-refractivity contribution in [3.8, 4) is 0 Å². The van der Waals surface area contributed by atoms with E-state index in [1.165, 1.54) is 0 Å². The van der Waals surface area contributed by atoms with Crippen LogP contribution in [-0.2, 0) is 6.54 Å². The molecule has 1 aromatic rings. The second-order valence-electron chi connectivity index (χ2n) is 2.34. The van der Waals surface area contributed by atoms with Gasteiger partial charge >= 0.3 is 0 Å². The van der Waals surface area contributed by atoms with Crippen molar-refractivity contribution in [1.82, 2.24) is 4.57 Å². The van der Waals surface area contributed by atoms with Gasteiger partial charge in [0.25, 0.3) is 0 Å². The zero-order valence-corrected chi connectivity index (χ0v) is 11.4. The Labute approximate surface area is 115 Å². The smallest absolute Gasteiger partial charge is 0.182 e. The van der Waals surface area contributed by atoms with Crippen LogP contribution in [0.5, 0.6) is 0 Å². The normalized spacial score (nSPS) is 11.3. The summed E-state index contributed by atoms with van der Waals surface area (Å²) < 4.78 is 2.03. The molecule has 4 heteroatoms. The van der Waals surface area contributed by atoms with Crippen molar-refractivity contribution in [3.05, 3.63) is 40.3 Å². The molecule has 0 unspecified atom stereocenters. The van der Waals surface area contributed by atoms with Gasteiger partial charge in [0.05, 0.1) is 0 Å². The van der Waals surface area contributed by atoms with Crippen LogP contribution in [0, 0.1) is 0 Å². The largest absolute Gasteiger partial charge is 0.344 e. The molecular formula is C8H7NNa2O. The molecule has 12 heavy (non-hydrogen) atoms. The van der Waals surface area contributed by atoms with Crippen molar-refractivity contribution in [3.63, 3.8) is 0 Å². The molecule has 1 aliphatic heterocycles. The number of nitrogens with zero attached hydrogens (tertiary/aromatic N) is 1. The second-order valence-corrected chi connectivity index (χ2v) is 2.34. The van der Waals surface area contributed by atoms with E-state index in [1.54, 1.807) is 12.1 Å². The van der Waals surface area contributed by atoms with Gasteiger partial charge in [-0.3, -0.25) is 4.79 Å². The van der Waals surface area contributed by atoms with E-state index in [1.807, 2.05) is 22.9 Å². The van der Waals surface area contributed by atoms with Crippen molar-refractivity contribution >= 4 is 65.2 Å². The molecule has 2 rings (SSSR count). The van der Waals surface area contributed by atoms with Crippen molar-refractivity contribution in [2.24, 2.45) is 0 Å². The van der Waals surface area contributed by atoms with Gasteiger partial charge in [-0.05, 0) is 6.08 Å². The van der Waals surface area contributed by atoms with Gasteiger partial charge in [-0.2, -0.15) is 0 Å². The van der Waals surface area contributed by atoms with E-state index in [2.05, 4.69) is 0 Å². The van der Waals surface area contributed by atoms with Gasteiger partial charge in [-0.1, -0.05) is 6.08 Å². The standard InChI is InChI=1S/C8H7NO.2Na/c10-8-3-5-9-4-1-2-7(9)6-8;;/h1-3,5-6H,4H2;;. The summed E-state index contributed by atoms with van der Waals surface area (Å²) in [5.74, 6) is 0. The number of pyridine rings is 1. The van der Waals surface area contributed by atoms with Crippen LogP contribution in [0.2, 0.25) is 0 Å². The van der Waals surface area contributed by atoms with Crippen LogP contribution in [0.1, 0.15) is 5.69 Å². The Morgan fingerprint density at radius 2 is 2.08 bits per heavy atom. The minimum Gasteiger partial charge on any atom is -0.344 e.